The van der Waals surface area contributed by atoms with Crippen LogP contribution in [0, 0.1) is 0 Å². The molecule has 2 aromatic carbocycles. The summed E-state index contributed by atoms with van der Waals surface area (Å²) in [5.41, 5.74) is 1.09. The lowest BCUT2D eigenvalue weighted by molar-refractivity contribution is 0.0480. The maximum Gasteiger partial charge on any atom is 0.280 e. The normalized spacial score (nSPS) is 18.0. The van der Waals surface area contributed by atoms with Crippen LogP contribution in [-0.2, 0) is 0 Å². The van der Waals surface area contributed by atoms with Gasteiger partial charge in [-0.1, -0.05) is 35.9 Å². The van der Waals surface area contributed by atoms with E-state index in [2.05, 4.69) is 9.97 Å². The molecule has 1 fully saturated rings. The van der Waals surface area contributed by atoms with Crippen molar-refractivity contribution >= 4 is 28.5 Å². The Morgan fingerprint density at radius 1 is 1.26 bits per heavy atom. The van der Waals surface area contributed by atoms with Crippen molar-refractivity contribution < 1.29 is 9.90 Å². The van der Waals surface area contributed by atoms with E-state index in [1.165, 1.54) is 4.90 Å². The number of hydrogen-bond donors (Lipinski definition) is 2. The Morgan fingerprint density at radius 2 is 2.07 bits per heavy atom. The van der Waals surface area contributed by atoms with Gasteiger partial charge >= 0.3 is 0 Å². The highest BCUT2D eigenvalue weighted by molar-refractivity contribution is 6.30. The first-order valence-electron chi connectivity index (χ1n) is 8.78. The predicted molar refractivity (Wildman–Crippen MR) is 103 cm³/mol. The van der Waals surface area contributed by atoms with Crippen LogP contribution in [0.3, 0.4) is 0 Å². The Balaban J connectivity index is 1.67. The number of carbonyl (C=O) groups is 1. The van der Waals surface area contributed by atoms with Gasteiger partial charge in [0.25, 0.3) is 11.5 Å². The smallest absolute Gasteiger partial charge is 0.280 e. The Labute approximate surface area is 160 Å². The van der Waals surface area contributed by atoms with Crippen LogP contribution >= 0.6 is 11.6 Å². The van der Waals surface area contributed by atoms with E-state index in [1.54, 1.807) is 48.5 Å². The molecule has 2 unspecified atom stereocenters. The van der Waals surface area contributed by atoms with E-state index in [0.717, 1.165) is 6.42 Å². The van der Waals surface area contributed by atoms with E-state index in [0.29, 0.717) is 34.6 Å². The fourth-order valence-corrected chi connectivity index (χ4v) is 3.79. The Morgan fingerprint density at radius 3 is 2.89 bits per heavy atom. The Bertz CT molecular complexity index is 1070. The van der Waals surface area contributed by atoms with Crippen molar-refractivity contribution in [3.05, 3.63) is 75.2 Å². The van der Waals surface area contributed by atoms with Crippen LogP contribution in [0.25, 0.3) is 11.0 Å². The summed E-state index contributed by atoms with van der Waals surface area (Å²) in [5.74, 6) is -0.467. The highest BCUT2D eigenvalue weighted by Gasteiger charge is 2.36. The zero-order chi connectivity index (χ0) is 19.0. The third-order valence-corrected chi connectivity index (χ3v) is 5.15. The number of aromatic nitrogens is 2. The second-order valence-corrected chi connectivity index (χ2v) is 7.08. The average Bonchev–Trinajstić information content (AvgIpc) is 3.16. The van der Waals surface area contributed by atoms with Gasteiger partial charge in [0.2, 0.25) is 0 Å². The van der Waals surface area contributed by atoms with Crippen molar-refractivity contribution in [3.8, 4) is 0 Å². The SMILES string of the molecule is O=C(c1nc2ccccc2[nH]c1=O)N1CCCC1C(O)c1cccc(Cl)c1. The van der Waals surface area contributed by atoms with Crippen LogP contribution in [0.15, 0.2) is 53.3 Å². The number of likely N-dealkylation sites (tertiary alicyclic amines) is 1. The summed E-state index contributed by atoms with van der Waals surface area (Å²) in [6.45, 7) is 0.467. The lowest BCUT2D eigenvalue weighted by Crippen LogP contribution is -2.42. The zero-order valence-corrected chi connectivity index (χ0v) is 15.2. The summed E-state index contributed by atoms with van der Waals surface area (Å²) in [6.07, 6.45) is 0.513. The number of aliphatic hydroxyl groups excluding tert-OH is 1. The molecule has 2 N–H and O–H groups in total. The summed E-state index contributed by atoms with van der Waals surface area (Å²) in [6, 6.07) is 13.6. The van der Waals surface area contributed by atoms with E-state index in [1.807, 2.05) is 0 Å². The number of rotatable bonds is 3. The van der Waals surface area contributed by atoms with Gasteiger partial charge in [0, 0.05) is 11.6 Å². The lowest BCUT2D eigenvalue weighted by Gasteiger charge is -2.28. The van der Waals surface area contributed by atoms with E-state index >= 15 is 0 Å². The third kappa shape index (κ3) is 3.34. The molecule has 1 aliphatic heterocycles. The highest BCUT2D eigenvalue weighted by atomic mass is 35.5. The number of hydrogen-bond acceptors (Lipinski definition) is 4. The van der Waals surface area contributed by atoms with E-state index in [4.69, 9.17) is 11.6 Å². The van der Waals surface area contributed by atoms with E-state index in [9.17, 15) is 14.7 Å². The molecule has 1 aliphatic rings. The molecule has 7 heteroatoms. The molecule has 0 radical (unpaired) electrons. The number of fused-ring (bicyclic) bond motifs is 1. The van der Waals surface area contributed by atoms with Crippen LogP contribution in [-0.4, -0.2) is 38.5 Å². The molecular weight excluding hydrogens is 366 g/mol. The molecule has 1 aromatic heterocycles. The summed E-state index contributed by atoms with van der Waals surface area (Å²) < 4.78 is 0. The summed E-state index contributed by atoms with van der Waals surface area (Å²) >= 11 is 6.02. The average molecular weight is 384 g/mol. The van der Waals surface area contributed by atoms with Gasteiger partial charge in [0.05, 0.1) is 23.2 Å². The number of aliphatic hydroxyl groups is 1. The molecule has 138 valence electrons. The number of amides is 1. The summed E-state index contributed by atoms with van der Waals surface area (Å²) in [5, 5.41) is 11.3. The van der Waals surface area contributed by atoms with E-state index < -0.39 is 23.6 Å². The molecule has 2 atom stereocenters. The van der Waals surface area contributed by atoms with Crippen molar-refractivity contribution in [3.63, 3.8) is 0 Å². The first-order chi connectivity index (χ1) is 13.0. The van der Waals surface area contributed by atoms with Crippen molar-refractivity contribution in [2.45, 2.75) is 25.0 Å². The van der Waals surface area contributed by atoms with Gasteiger partial charge < -0.3 is 15.0 Å². The van der Waals surface area contributed by atoms with Gasteiger partial charge in [-0.2, -0.15) is 0 Å². The number of aromatic amines is 1. The fourth-order valence-electron chi connectivity index (χ4n) is 3.60. The number of halogens is 1. The predicted octanol–water partition coefficient (Wildman–Crippen LogP) is 2.91. The Hall–Kier alpha value is -2.70. The first kappa shape index (κ1) is 17.7. The monoisotopic (exact) mass is 383 g/mol. The lowest BCUT2D eigenvalue weighted by atomic mass is 10.00. The van der Waals surface area contributed by atoms with Gasteiger partial charge in [0.1, 0.15) is 0 Å². The van der Waals surface area contributed by atoms with Crippen molar-refractivity contribution in [1.82, 2.24) is 14.9 Å². The van der Waals surface area contributed by atoms with Crippen LogP contribution in [0.2, 0.25) is 5.02 Å². The molecule has 0 aliphatic carbocycles. The van der Waals surface area contributed by atoms with Crippen molar-refractivity contribution in [1.29, 1.82) is 0 Å². The number of nitrogens with one attached hydrogen (secondary N) is 1. The molecule has 0 saturated carbocycles. The van der Waals surface area contributed by atoms with Crippen molar-refractivity contribution in [2.75, 3.05) is 6.54 Å². The van der Waals surface area contributed by atoms with Crippen LogP contribution in [0.1, 0.15) is 35.0 Å². The molecule has 1 amide bonds. The fraction of sp³-hybridized carbons (Fsp3) is 0.250. The number of carbonyl (C=O) groups excluding carboxylic acids is 1. The number of benzene rings is 2. The van der Waals surface area contributed by atoms with Crippen LogP contribution in [0.4, 0.5) is 0 Å². The molecule has 1 saturated heterocycles. The molecule has 4 rings (SSSR count). The molecule has 0 bridgehead atoms. The first-order valence-corrected chi connectivity index (χ1v) is 9.16. The Kier molecular flexibility index (Phi) is 4.68. The number of nitrogens with zero attached hydrogens (tertiary/aromatic N) is 2. The third-order valence-electron chi connectivity index (χ3n) is 4.92. The number of para-hydroxylation sites is 2. The molecule has 0 spiro atoms. The highest BCUT2D eigenvalue weighted by Crippen LogP contribution is 2.31. The quantitative estimate of drug-likeness (QED) is 0.728. The van der Waals surface area contributed by atoms with Gasteiger partial charge in [-0.3, -0.25) is 9.59 Å². The van der Waals surface area contributed by atoms with Crippen LogP contribution in [0.5, 0.6) is 0 Å². The second-order valence-electron chi connectivity index (χ2n) is 6.64. The van der Waals surface area contributed by atoms with Gasteiger partial charge in [0.15, 0.2) is 5.69 Å². The van der Waals surface area contributed by atoms with Gasteiger partial charge in [-0.15, -0.1) is 0 Å². The van der Waals surface area contributed by atoms with Crippen molar-refractivity contribution in [2.24, 2.45) is 0 Å². The zero-order valence-electron chi connectivity index (χ0n) is 14.4. The second kappa shape index (κ2) is 7.13. The van der Waals surface area contributed by atoms with Gasteiger partial charge in [-0.05, 0) is 42.7 Å². The minimum Gasteiger partial charge on any atom is -0.386 e. The summed E-state index contributed by atoms with van der Waals surface area (Å²) in [7, 11) is 0. The topological polar surface area (TPSA) is 86.3 Å². The van der Waals surface area contributed by atoms with Gasteiger partial charge in [-0.25, -0.2) is 4.98 Å². The maximum absolute atomic E-state index is 13.0. The molecule has 3 aromatic rings. The molecule has 2 heterocycles. The maximum atomic E-state index is 13.0. The standard InChI is InChI=1S/C20H18ClN3O3/c21-13-6-3-5-12(11-13)18(25)16-9-4-10-24(16)20(27)17-19(26)23-15-8-2-1-7-14(15)22-17/h1-3,5-8,11,16,18,25H,4,9-10H2,(H,23,26). The molecule has 6 nitrogen and oxygen atoms in total. The molecular formula is C20H18ClN3O3. The van der Waals surface area contributed by atoms with Crippen LogP contribution < -0.4 is 5.56 Å². The number of H-pyrrole nitrogens is 1. The van der Waals surface area contributed by atoms with E-state index in [-0.39, 0.29) is 5.69 Å². The summed E-state index contributed by atoms with van der Waals surface area (Å²) in [4.78, 5) is 33.9. The molecule has 27 heavy (non-hydrogen) atoms. The minimum atomic E-state index is -0.880. The minimum absolute atomic E-state index is 0.154. The largest absolute Gasteiger partial charge is 0.386 e.